The number of halogens is 3. The van der Waals surface area contributed by atoms with Gasteiger partial charge in [-0.3, -0.25) is 0 Å². The van der Waals surface area contributed by atoms with Gasteiger partial charge in [-0.15, -0.1) is 11.6 Å². The lowest BCUT2D eigenvalue weighted by molar-refractivity contribution is 0.354. The molecule has 0 radical (unpaired) electrons. The van der Waals surface area contributed by atoms with Gasteiger partial charge in [-0.2, -0.15) is 4.31 Å². The lowest BCUT2D eigenvalue weighted by Crippen LogP contribution is -2.37. The fraction of sp³-hybridized carbons (Fsp3) is 0.538. The van der Waals surface area contributed by atoms with Crippen molar-refractivity contribution in [1.82, 2.24) is 4.31 Å². The maximum absolute atomic E-state index is 13.7. The highest BCUT2D eigenvalue weighted by Gasteiger charge is 2.27. The molecule has 1 rings (SSSR count). The normalized spacial score (nSPS) is 12.4. The van der Waals surface area contributed by atoms with Crippen LogP contribution in [-0.4, -0.2) is 25.3 Å². The predicted molar refractivity (Wildman–Crippen MR) is 80.3 cm³/mol. The molecule has 3 nitrogen and oxygen atoms in total. The summed E-state index contributed by atoms with van der Waals surface area (Å²) in [5, 5.41) is -0.134. The highest BCUT2D eigenvalue weighted by molar-refractivity contribution is 7.89. The maximum Gasteiger partial charge on any atom is 0.243 e. The van der Waals surface area contributed by atoms with E-state index in [2.05, 4.69) is 0 Å². The Morgan fingerprint density at radius 1 is 1.35 bits per heavy atom. The van der Waals surface area contributed by atoms with Crippen molar-refractivity contribution >= 4 is 33.2 Å². The second-order valence-electron chi connectivity index (χ2n) is 4.72. The third-order valence-corrected chi connectivity index (χ3v) is 5.61. The Balaban J connectivity index is 3.38. The van der Waals surface area contributed by atoms with Crippen molar-refractivity contribution < 1.29 is 12.8 Å². The van der Waals surface area contributed by atoms with Crippen LogP contribution in [0.1, 0.15) is 32.8 Å². The van der Waals surface area contributed by atoms with Crippen molar-refractivity contribution in [1.29, 1.82) is 0 Å². The largest absolute Gasteiger partial charge is 0.243 e. The van der Waals surface area contributed by atoms with Crippen LogP contribution < -0.4 is 0 Å². The van der Waals surface area contributed by atoms with E-state index < -0.39 is 15.8 Å². The van der Waals surface area contributed by atoms with Crippen molar-refractivity contribution in [3.8, 4) is 0 Å². The van der Waals surface area contributed by atoms with Crippen LogP contribution in [-0.2, 0) is 15.9 Å². The number of alkyl halides is 1. The summed E-state index contributed by atoms with van der Waals surface area (Å²) in [6.07, 6.45) is 0.676. The summed E-state index contributed by atoms with van der Waals surface area (Å²) in [6.45, 7) is 5.82. The minimum Gasteiger partial charge on any atom is -0.207 e. The van der Waals surface area contributed by atoms with E-state index in [1.165, 1.54) is 10.4 Å². The Kier molecular flexibility index (Phi) is 6.25. The van der Waals surface area contributed by atoms with Crippen molar-refractivity contribution in [2.45, 2.75) is 44.0 Å². The average Bonchev–Trinajstić information content (AvgIpc) is 2.38. The maximum atomic E-state index is 13.7. The topological polar surface area (TPSA) is 37.4 Å². The first kappa shape index (κ1) is 17.7. The summed E-state index contributed by atoms with van der Waals surface area (Å²) in [7, 11) is -3.76. The first-order valence-electron chi connectivity index (χ1n) is 6.31. The molecule has 0 fully saturated rings. The molecule has 114 valence electrons. The first-order chi connectivity index (χ1) is 9.25. The van der Waals surface area contributed by atoms with Crippen LogP contribution >= 0.6 is 23.2 Å². The minimum absolute atomic E-state index is 0.0471. The summed E-state index contributed by atoms with van der Waals surface area (Å²) in [4.78, 5) is -0.114. The number of sulfonamides is 1. The molecule has 7 heteroatoms. The molecule has 0 unspecified atom stereocenters. The second kappa shape index (κ2) is 7.07. The number of benzene rings is 1. The lowest BCUT2D eigenvalue weighted by atomic mass is 10.2. The van der Waals surface area contributed by atoms with E-state index >= 15 is 0 Å². The van der Waals surface area contributed by atoms with Crippen molar-refractivity contribution in [2.75, 3.05) is 6.54 Å². The summed E-state index contributed by atoms with van der Waals surface area (Å²) < 4.78 is 40.2. The van der Waals surface area contributed by atoms with Gasteiger partial charge in [0.1, 0.15) is 5.82 Å². The van der Waals surface area contributed by atoms with Crippen LogP contribution in [0.5, 0.6) is 0 Å². The highest BCUT2D eigenvalue weighted by atomic mass is 35.5. The molecule has 0 aliphatic heterocycles. The molecule has 0 atom stereocenters. The van der Waals surface area contributed by atoms with Gasteiger partial charge in [-0.25, -0.2) is 12.8 Å². The third kappa shape index (κ3) is 3.64. The zero-order valence-corrected chi connectivity index (χ0v) is 14.0. The van der Waals surface area contributed by atoms with E-state index in [9.17, 15) is 12.8 Å². The Bertz CT molecular complexity index is 576. The molecule has 20 heavy (non-hydrogen) atoms. The molecule has 0 aromatic heterocycles. The molecule has 0 heterocycles. The highest BCUT2D eigenvalue weighted by Crippen LogP contribution is 2.28. The van der Waals surface area contributed by atoms with E-state index in [-0.39, 0.29) is 27.4 Å². The van der Waals surface area contributed by atoms with Gasteiger partial charge >= 0.3 is 0 Å². The van der Waals surface area contributed by atoms with Gasteiger partial charge in [0.15, 0.2) is 0 Å². The smallest absolute Gasteiger partial charge is 0.207 e. The number of rotatable bonds is 6. The molecular formula is C13H18Cl2FNO2S. The molecule has 0 N–H and O–H groups in total. The third-order valence-electron chi connectivity index (χ3n) is 2.85. The van der Waals surface area contributed by atoms with Gasteiger partial charge in [0, 0.05) is 18.5 Å². The van der Waals surface area contributed by atoms with Crippen molar-refractivity contribution in [2.24, 2.45) is 0 Å². The molecule has 0 aliphatic carbocycles. The molecule has 1 aromatic carbocycles. The summed E-state index contributed by atoms with van der Waals surface area (Å²) in [5.41, 5.74) is 0.270. The quantitative estimate of drug-likeness (QED) is 0.732. The van der Waals surface area contributed by atoms with E-state index in [1.807, 2.05) is 6.92 Å². The molecule has 0 aliphatic rings. The molecular weight excluding hydrogens is 324 g/mol. The Hall–Kier alpha value is -0.360. The molecule has 1 aromatic rings. The van der Waals surface area contributed by atoms with Crippen LogP contribution in [0.25, 0.3) is 0 Å². The van der Waals surface area contributed by atoms with Gasteiger partial charge in [0.05, 0.1) is 9.92 Å². The van der Waals surface area contributed by atoms with Crippen LogP contribution in [0.4, 0.5) is 4.39 Å². The average molecular weight is 342 g/mol. The van der Waals surface area contributed by atoms with E-state index in [0.29, 0.717) is 13.0 Å². The Morgan fingerprint density at radius 2 is 1.95 bits per heavy atom. The van der Waals surface area contributed by atoms with Crippen LogP contribution in [0.15, 0.2) is 17.0 Å². The van der Waals surface area contributed by atoms with Gasteiger partial charge in [-0.05, 0) is 38.0 Å². The van der Waals surface area contributed by atoms with E-state index in [4.69, 9.17) is 23.2 Å². The van der Waals surface area contributed by atoms with Crippen molar-refractivity contribution in [3.63, 3.8) is 0 Å². The standard InChI is InChI=1S/C13H18Cl2FNO2S/c1-4-5-17(9(2)3)20(18,19)11-6-10(8-14)13(15)12(16)7-11/h6-7,9H,4-5,8H2,1-3H3. The molecule has 0 amide bonds. The SMILES string of the molecule is CCCN(C(C)C)S(=O)(=O)c1cc(F)c(Cl)c(CCl)c1. The fourth-order valence-electron chi connectivity index (χ4n) is 1.88. The lowest BCUT2D eigenvalue weighted by Gasteiger charge is -2.25. The molecule has 0 spiro atoms. The van der Waals surface area contributed by atoms with E-state index in [1.54, 1.807) is 13.8 Å². The van der Waals surface area contributed by atoms with Gasteiger partial charge in [-0.1, -0.05) is 18.5 Å². The molecule has 0 saturated carbocycles. The monoisotopic (exact) mass is 341 g/mol. The van der Waals surface area contributed by atoms with Gasteiger partial charge < -0.3 is 0 Å². The summed E-state index contributed by atoms with van der Waals surface area (Å²) in [6, 6.07) is 2.07. The van der Waals surface area contributed by atoms with Crippen LogP contribution in [0.2, 0.25) is 5.02 Å². The van der Waals surface area contributed by atoms with Crippen molar-refractivity contribution in [3.05, 3.63) is 28.5 Å². The zero-order chi connectivity index (χ0) is 15.5. The summed E-state index contributed by atoms with van der Waals surface area (Å²) in [5.74, 6) is -0.822. The number of nitrogens with zero attached hydrogens (tertiary/aromatic N) is 1. The van der Waals surface area contributed by atoms with E-state index in [0.717, 1.165) is 6.07 Å². The van der Waals surface area contributed by atoms with Gasteiger partial charge in [0.25, 0.3) is 0 Å². The minimum atomic E-state index is -3.76. The summed E-state index contributed by atoms with van der Waals surface area (Å²) >= 11 is 11.4. The first-order valence-corrected chi connectivity index (χ1v) is 8.66. The molecule has 0 bridgehead atoms. The fourth-order valence-corrected chi connectivity index (χ4v) is 4.12. The Morgan fingerprint density at radius 3 is 2.40 bits per heavy atom. The van der Waals surface area contributed by atoms with Crippen LogP contribution in [0.3, 0.4) is 0 Å². The predicted octanol–water partition coefficient (Wildman–Crippen LogP) is 4.03. The number of hydrogen-bond acceptors (Lipinski definition) is 2. The number of hydrogen-bond donors (Lipinski definition) is 0. The van der Waals surface area contributed by atoms with Crippen LogP contribution in [0, 0.1) is 5.82 Å². The Labute approximate surface area is 129 Å². The second-order valence-corrected chi connectivity index (χ2v) is 7.26. The molecule has 0 saturated heterocycles. The van der Waals surface area contributed by atoms with Gasteiger partial charge in [0.2, 0.25) is 10.0 Å². The zero-order valence-electron chi connectivity index (χ0n) is 11.7.